The van der Waals surface area contributed by atoms with Crippen LogP contribution in [0, 0.1) is 0 Å². The van der Waals surface area contributed by atoms with Gasteiger partial charge in [0.15, 0.2) is 0 Å². The number of benzene rings is 1. The summed E-state index contributed by atoms with van der Waals surface area (Å²) in [5.41, 5.74) is 3.13. The largest absolute Gasteiger partial charge is 0.474 e. The van der Waals surface area contributed by atoms with Crippen LogP contribution in [0.2, 0.25) is 0 Å². The van der Waals surface area contributed by atoms with Gasteiger partial charge in [0.05, 0.1) is 16.6 Å². The van der Waals surface area contributed by atoms with Crippen LogP contribution in [-0.4, -0.2) is 52.3 Å². The second-order valence-electron chi connectivity index (χ2n) is 7.31. The second kappa shape index (κ2) is 7.15. The van der Waals surface area contributed by atoms with Crippen LogP contribution in [-0.2, 0) is 6.54 Å². The molecule has 7 nitrogen and oxygen atoms in total. The molecule has 0 atom stereocenters. The highest BCUT2D eigenvalue weighted by atomic mass is 16.5. The Morgan fingerprint density at radius 2 is 1.96 bits per heavy atom. The van der Waals surface area contributed by atoms with Gasteiger partial charge in [-0.15, -0.1) is 0 Å². The summed E-state index contributed by atoms with van der Waals surface area (Å²) in [6.07, 6.45) is 7.03. The van der Waals surface area contributed by atoms with Crippen molar-refractivity contribution < 1.29 is 9.26 Å². The molecule has 5 rings (SSSR count). The first-order valence-electron chi connectivity index (χ1n) is 9.63. The molecular formula is C20H23N5O2. The van der Waals surface area contributed by atoms with Gasteiger partial charge in [0, 0.05) is 44.5 Å². The zero-order chi connectivity index (χ0) is 18.1. The minimum atomic E-state index is 0.312. The summed E-state index contributed by atoms with van der Waals surface area (Å²) in [5, 5.41) is 5.02. The van der Waals surface area contributed by atoms with Gasteiger partial charge in [-0.1, -0.05) is 5.16 Å². The van der Waals surface area contributed by atoms with Crippen LogP contribution in [0.15, 0.2) is 41.4 Å². The first-order valence-corrected chi connectivity index (χ1v) is 9.63. The number of ether oxygens (including phenoxy) is 1. The predicted molar refractivity (Wildman–Crippen MR) is 102 cm³/mol. The molecule has 1 aliphatic heterocycles. The highest BCUT2D eigenvalue weighted by Crippen LogP contribution is 2.31. The molecule has 0 amide bonds. The molecule has 2 fully saturated rings. The third kappa shape index (κ3) is 3.47. The topological polar surface area (TPSA) is 67.5 Å². The standard InChI is InChI=1S/C20H23N5O2/c1-2-17(3-1)27-20-18-12-16(4-5-19(18)21-14-22-20)25-9-7-24(8-10-25)13-15-6-11-26-23-15/h4-6,11-12,14,17H,1-3,7-10,13H2. The Hall–Kier alpha value is -2.67. The maximum absolute atomic E-state index is 6.09. The van der Waals surface area contributed by atoms with Crippen molar-refractivity contribution in [2.45, 2.75) is 31.9 Å². The van der Waals surface area contributed by atoms with Gasteiger partial charge < -0.3 is 14.2 Å². The van der Waals surface area contributed by atoms with Gasteiger partial charge in [-0.2, -0.15) is 0 Å². The van der Waals surface area contributed by atoms with Crippen LogP contribution in [0.4, 0.5) is 5.69 Å². The van der Waals surface area contributed by atoms with E-state index < -0.39 is 0 Å². The zero-order valence-corrected chi connectivity index (χ0v) is 15.3. The molecule has 3 heterocycles. The first-order chi connectivity index (χ1) is 13.3. The van der Waals surface area contributed by atoms with E-state index in [9.17, 15) is 0 Å². The Morgan fingerprint density at radius 1 is 1.07 bits per heavy atom. The van der Waals surface area contributed by atoms with Crippen LogP contribution in [0.5, 0.6) is 5.88 Å². The fourth-order valence-corrected chi connectivity index (χ4v) is 3.67. The molecule has 27 heavy (non-hydrogen) atoms. The normalized spacial score (nSPS) is 18.6. The molecular weight excluding hydrogens is 342 g/mol. The lowest BCUT2D eigenvalue weighted by atomic mass is 9.96. The van der Waals surface area contributed by atoms with Crippen LogP contribution in [0.3, 0.4) is 0 Å². The van der Waals surface area contributed by atoms with Crippen molar-refractivity contribution in [1.29, 1.82) is 0 Å². The van der Waals surface area contributed by atoms with Gasteiger partial charge in [0.1, 0.15) is 18.7 Å². The van der Waals surface area contributed by atoms with Gasteiger partial charge in [0.25, 0.3) is 0 Å². The van der Waals surface area contributed by atoms with Crippen molar-refractivity contribution in [1.82, 2.24) is 20.0 Å². The number of nitrogens with zero attached hydrogens (tertiary/aromatic N) is 5. The molecule has 1 aliphatic carbocycles. The van der Waals surface area contributed by atoms with Gasteiger partial charge in [0.2, 0.25) is 5.88 Å². The summed E-state index contributed by atoms with van der Waals surface area (Å²) < 4.78 is 11.0. The third-order valence-electron chi connectivity index (χ3n) is 5.53. The predicted octanol–water partition coefficient (Wildman–Crippen LogP) is 2.87. The minimum absolute atomic E-state index is 0.312. The van der Waals surface area contributed by atoms with Crippen LogP contribution in [0.25, 0.3) is 10.9 Å². The van der Waals surface area contributed by atoms with E-state index in [0.29, 0.717) is 6.10 Å². The monoisotopic (exact) mass is 365 g/mol. The van der Waals surface area contributed by atoms with Gasteiger partial charge in [-0.3, -0.25) is 4.90 Å². The van der Waals surface area contributed by atoms with E-state index in [1.165, 1.54) is 12.1 Å². The summed E-state index contributed by atoms with van der Waals surface area (Å²) in [4.78, 5) is 13.6. The van der Waals surface area contributed by atoms with Crippen molar-refractivity contribution in [3.8, 4) is 5.88 Å². The molecule has 0 N–H and O–H groups in total. The smallest absolute Gasteiger partial charge is 0.224 e. The van der Waals surface area contributed by atoms with Gasteiger partial charge in [-0.25, -0.2) is 9.97 Å². The van der Waals surface area contributed by atoms with E-state index in [1.54, 1.807) is 12.6 Å². The molecule has 2 aliphatic rings. The number of anilines is 1. The Balaban J connectivity index is 1.30. The molecule has 2 aromatic heterocycles. The SMILES string of the molecule is c1nc(OC2CCC2)c2cc(N3CCN(Cc4ccon4)CC3)ccc2n1. The second-order valence-corrected chi connectivity index (χ2v) is 7.31. The number of rotatable bonds is 5. The lowest BCUT2D eigenvalue weighted by Crippen LogP contribution is -2.46. The molecule has 0 unspecified atom stereocenters. The fraction of sp³-hybridized carbons (Fsp3) is 0.450. The molecule has 1 aromatic carbocycles. The van der Waals surface area contributed by atoms with E-state index in [0.717, 1.165) is 68.0 Å². The van der Waals surface area contributed by atoms with Crippen LogP contribution in [0.1, 0.15) is 25.0 Å². The molecule has 1 saturated heterocycles. The number of fused-ring (bicyclic) bond motifs is 1. The fourth-order valence-electron chi connectivity index (χ4n) is 3.67. The van der Waals surface area contributed by atoms with Crippen molar-refractivity contribution in [3.63, 3.8) is 0 Å². The molecule has 0 spiro atoms. The summed E-state index contributed by atoms with van der Waals surface area (Å²) in [7, 11) is 0. The van der Waals surface area contributed by atoms with Crippen molar-refractivity contribution in [2.24, 2.45) is 0 Å². The number of piperazine rings is 1. The lowest BCUT2D eigenvalue weighted by Gasteiger charge is -2.35. The van der Waals surface area contributed by atoms with E-state index >= 15 is 0 Å². The number of hydrogen-bond donors (Lipinski definition) is 0. The quantitative estimate of drug-likeness (QED) is 0.689. The molecule has 3 aromatic rings. The number of aromatic nitrogens is 3. The molecule has 7 heteroatoms. The summed E-state index contributed by atoms with van der Waals surface area (Å²) in [5.74, 6) is 0.719. The lowest BCUT2D eigenvalue weighted by molar-refractivity contribution is 0.116. The Morgan fingerprint density at radius 3 is 2.70 bits per heavy atom. The third-order valence-corrected chi connectivity index (χ3v) is 5.53. The summed E-state index contributed by atoms with van der Waals surface area (Å²) in [6.45, 7) is 4.81. The molecule has 0 bridgehead atoms. The maximum atomic E-state index is 6.09. The minimum Gasteiger partial charge on any atom is -0.474 e. The molecule has 0 radical (unpaired) electrons. The van der Waals surface area contributed by atoms with E-state index in [4.69, 9.17) is 9.26 Å². The Labute approximate surface area is 157 Å². The first kappa shape index (κ1) is 16.5. The van der Waals surface area contributed by atoms with Crippen molar-refractivity contribution >= 4 is 16.6 Å². The highest BCUT2D eigenvalue weighted by Gasteiger charge is 2.22. The summed E-state index contributed by atoms with van der Waals surface area (Å²) >= 11 is 0. The number of hydrogen-bond acceptors (Lipinski definition) is 7. The Bertz CT molecular complexity index is 902. The molecule has 140 valence electrons. The average Bonchev–Trinajstić information content (AvgIpc) is 3.18. The Kier molecular flexibility index (Phi) is 4.37. The van der Waals surface area contributed by atoms with E-state index in [2.05, 4.69) is 43.1 Å². The maximum Gasteiger partial charge on any atom is 0.224 e. The van der Waals surface area contributed by atoms with E-state index in [-0.39, 0.29) is 0 Å². The van der Waals surface area contributed by atoms with Gasteiger partial charge >= 0.3 is 0 Å². The zero-order valence-electron chi connectivity index (χ0n) is 15.3. The highest BCUT2D eigenvalue weighted by molar-refractivity contribution is 5.86. The van der Waals surface area contributed by atoms with Crippen LogP contribution < -0.4 is 9.64 Å². The van der Waals surface area contributed by atoms with Crippen molar-refractivity contribution in [3.05, 3.63) is 42.5 Å². The molecule has 1 saturated carbocycles. The van der Waals surface area contributed by atoms with Crippen LogP contribution >= 0.6 is 0 Å². The summed E-state index contributed by atoms with van der Waals surface area (Å²) in [6, 6.07) is 8.33. The average molecular weight is 365 g/mol. The van der Waals surface area contributed by atoms with Gasteiger partial charge in [-0.05, 0) is 37.5 Å². The van der Waals surface area contributed by atoms with Crippen molar-refractivity contribution in [2.75, 3.05) is 31.1 Å². The van der Waals surface area contributed by atoms with E-state index in [1.807, 2.05) is 6.07 Å².